The van der Waals surface area contributed by atoms with Gasteiger partial charge in [-0.25, -0.2) is 4.79 Å². The number of likely N-dealkylation sites (N-methyl/N-ethyl adjacent to an activating group) is 1. The molecule has 20 heavy (non-hydrogen) atoms. The summed E-state index contributed by atoms with van der Waals surface area (Å²) >= 11 is 0. The van der Waals surface area contributed by atoms with E-state index in [9.17, 15) is 22.8 Å². The molecule has 1 aromatic rings. The Hall–Kier alpha value is -2.03. The van der Waals surface area contributed by atoms with Crippen LogP contribution < -0.4 is 15.5 Å². The highest BCUT2D eigenvalue weighted by Crippen LogP contribution is 2.11. The Morgan fingerprint density at radius 2 is 2.10 bits per heavy atom. The number of rotatable bonds is 5. The van der Waals surface area contributed by atoms with Gasteiger partial charge in [0.25, 0.3) is 5.91 Å². The highest BCUT2D eigenvalue weighted by molar-refractivity contribution is 5.94. The molecule has 0 spiro atoms. The average Bonchev–Trinajstić information content (AvgIpc) is 2.77. The van der Waals surface area contributed by atoms with Gasteiger partial charge in [-0.3, -0.25) is 10.1 Å². The second-order valence-electron chi connectivity index (χ2n) is 4.24. The van der Waals surface area contributed by atoms with Crippen molar-refractivity contribution in [3.8, 4) is 0 Å². The van der Waals surface area contributed by atoms with Crippen molar-refractivity contribution in [3.63, 3.8) is 0 Å². The Labute approximate surface area is 112 Å². The topological polar surface area (TPSA) is 75.8 Å². The number of hydrogen-bond acceptors (Lipinski definition) is 3. The van der Waals surface area contributed by atoms with Gasteiger partial charge in [-0.1, -0.05) is 0 Å². The van der Waals surface area contributed by atoms with Crippen molar-refractivity contribution in [2.24, 2.45) is 0 Å². The predicted molar refractivity (Wildman–Crippen MR) is 61.8 cm³/mol. The lowest BCUT2D eigenvalue weighted by Crippen LogP contribution is -3.09. The summed E-state index contributed by atoms with van der Waals surface area (Å²) in [6.45, 7) is -1.13. The van der Waals surface area contributed by atoms with Gasteiger partial charge < -0.3 is 14.6 Å². The first-order valence-electron chi connectivity index (χ1n) is 5.74. The van der Waals surface area contributed by atoms with Crippen LogP contribution in [-0.4, -0.2) is 38.3 Å². The van der Waals surface area contributed by atoms with Crippen molar-refractivity contribution < 1.29 is 32.1 Å². The highest BCUT2D eigenvalue weighted by Gasteiger charge is 2.28. The first-order valence-corrected chi connectivity index (χ1v) is 5.74. The van der Waals surface area contributed by atoms with E-state index in [-0.39, 0.29) is 6.54 Å². The van der Waals surface area contributed by atoms with E-state index in [1.165, 1.54) is 6.26 Å². The molecule has 6 nitrogen and oxygen atoms in total. The number of urea groups is 1. The SMILES string of the molecule is C[NH+](CC(=O)NC(=O)NCC(F)(F)F)Cc1ccco1. The fourth-order valence-corrected chi connectivity index (χ4v) is 1.44. The largest absolute Gasteiger partial charge is 0.463 e. The molecule has 112 valence electrons. The summed E-state index contributed by atoms with van der Waals surface area (Å²) in [6, 6.07) is 2.27. The van der Waals surface area contributed by atoms with E-state index in [0.717, 1.165) is 4.90 Å². The minimum Gasteiger partial charge on any atom is -0.463 e. The van der Waals surface area contributed by atoms with Crippen LogP contribution in [0.25, 0.3) is 0 Å². The zero-order chi connectivity index (χ0) is 15.2. The van der Waals surface area contributed by atoms with Crippen LogP contribution in [0.15, 0.2) is 22.8 Å². The molecule has 1 atom stereocenters. The van der Waals surface area contributed by atoms with Crippen LogP contribution in [-0.2, 0) is 11.3 Å². The third-order valence-electron chi connectivity index (χ3n) is 2.22. The van der Waals surface area contributed by atoms with Crippen LogP contribution in [0.4, 0.5) is 18.0 Å². The number of carbonyl (C=O) groups excluding carboxylic acids is 2. The second kappa shape index (κ2) is 6.94. The number of nitrogens with one attached hydrogen (secondary N) is 3. The lowest BCUT2D eigenvalue weighted by Gasteiger charge is -2.12. The van der Waals surface area contributed by atoms with Crippen LogP contribution in [0.1, 0.15) is 5.76 Å². The lowest BCUT2D eigenvalue weighted by atomic mass is 10.4. The molecule has 0 aliphatic heterocycles. The maximum absolute atomic E-state index is 11.8. The van der Waals surface area contributed by atoms with Gasteiger partial charge in [-0.2, -0.15) is 13.2 Å². The van der Waals surface area contributed by atoms with Gasteiger partial charge in [-0.15, -0.1) is 0 Å². The van der Waals surface area contributed by atoms with Crippen LogP contribution in [0, 0.1) is 0 Å². The number of imide groups is 1. The number of hydrogen-bond donors (Lipinski definition) is 3. The normalized spacial score (nSPS) is 12.8. The van der Waals surface area contributed by atoms with Gasteiger partial charge in [-0.05, 0) is 12.1 Å². The molecule has 0 aliphatic rings. The summed E-state index contributed by atoms with van der Waals surface area (Å²) in [6.07, 6.45) is -3.02. The first kappa shape index (κ1) is 16.0. The molecular weight excluding hydrogens is 279 g/mol. The molecular formula is C11H15F3N3O3+. The van der Waals surface area contributed by atoms with Crippen molar-refractivity contribution in [3.05, 3.63) is 24.2 Å². The van der Waals surface area contributed by atoms with Gasteiger partial charge in [0.15, 0.2) is 12.3 Å². The van der Waals surface area contributed by atoms with E-state index in [1.54, 1.807) is 24.5 Å². The molecule has 0 fully saturated rings. The van der Waals surface area contributed by atoms with Gasteiger partial charge >= 0.3 is 12.2 Å². The Morgan fingerprint density at radius 1 is 1.40 bits per heavy atom. The molecule has 0 saturated carbocycles. The third kappa shape index (κ3) is 6.78. The summed E-state index contributed by atoms with van der Waals surface area (Å²) < 4.78 is 40.6. The molecule has 9 heteroatoms. The van der Waals surface area contributed by atoms with Crippen LogP contribution in [0.3, 0.4) is 0 Å². The maximum Gasteiger partial charge on any atom is 0.405 e. The number of alkyl halides is 3. The van der Waals surface area contributed by atoms with E-state index in [0.29, 0.717) is 12.3 Å². The van der Waals surface area contributed by atoms with E-state index >= 15 is 0 Å². The molecule has 1 rings (SSSR count). The zero-order valence-electron chi connectivity index (χ0n) is 10.7. The van der Waals surface area contributed by atoms with Crippen LogP contribution >= 0.6 is 0 Å². The zero-order valence-corrected chi connectivity index (χ0v) is 10.7. The molecule has 1 aromatic heterocycles. The van der Waals surface area contributed by atoms with Gasteiger partial charge in [0.05, 0.1) is 13.3 Å². The molecule has 3 amide bonds. The van der Waals surface area contributed by atoms with Crippen LogP contribution in [0.2, 0.25) is 0 Å². The van der Waals surface area contributed by atoms with Crippen LogP contribution in [0.5, 0.6) is 0 Å². The summed E-state index contributed by atoms with van der Waals surface area (Å²) in [5.41, 5.74) is 0. The van der Waals surface area contributed by atoms with E-state index in [2.05, 4.69) is 0 Å². The van der Waals surface area contributed by atoms with Gasteiger partial charge in [0, 0.05) is 0 Å². The summed E-state index contributed by atoms with van der Waals surface area (Å²) in [5, 5.41) is 3.37. The summed E-state index contributed by atoms with van der Waals surface area (Å²) in [4.78, 5) is 23.2. The molecule has 1 unspecified atom stereocenters. The molecule has 0 aliphatic carbocycles. The number of furan rings is 1. The summed E-state index contributed by atoms with van der Waals surface area (Å²) in [5.74, 6) is -0.00875. The third-order valence-corrected chi connectivity index (χ3v) is 2.22. The number of carbonyl (C=O) groups is 2. The molecule has 0 bridgehead atoms. The molecule has 3 N–H and O–H groups in total. The van der Waals surface area contributed by atoms with E-state index < -0.39 is 24.7 Å². The van der Waals surface area contributed by atoms with Gasteiger partial charge in [0.1, 0.15) is 13.1 Å². The Balaban J connectivity index is 2.27. The molecule has 0 aromatic carbocycles. The molecule has 0 saturated heterocycles. The van der Waals surface area contributed by atoms with Gasteiger partial charge in [0.2, 0.25) is 0 Å². The Bertz CT molecular complexity index is 446. The highest BCUT2D eigenvalue weighted by atomic mass is 19.4. The lowest BCUT2D eigenvalue weighted by molar-refractivity contribution is -0.886. The number of halogens is 3. The maximum atomic E-state index is 11.8. The van der Waals surface area contributed by atoms with E-state index in [1.807, 2.05) is 5.32 Å². The summed E-state index contributed by atoms with van der Waals surface area (Å²) in [7, 11) is 1.69. The fraction of sp³-hybridized carbons (Fsp3) is 0.455. The van der Waals surface area contributed by atoms with Crippen molar-refractivity contribution in [1.82, 2.24) is 10.6 Å². The number of amides is 3. The van der Waals surface area contributed by atoms with Crippen molar-refractivity contribution in [2.75, 3.05) is 20.1 Å². The average molecular weight is 294 g/mol. The molecule has 0 radical (unpaired) electrons. The minimum atomic E-state index is -4.51. The van der Waals surface area contributed by atoms with Crippen molar-refractivity contribution >= 4 is 11.9 Å². The fourth-order valence-electron chi connectivity index (χ4n) is 1.44. The minimum absolute atomic E-state index is 0.0693. The monoisotopic (exact) mass is 294 g/mol. The van der Waals surface area contributed by atoms with E-state index in [4.69, 9.17) is 4.42 Å². The predicted octanol–water partition coefficient (Wildman–Crippen LogP) is -0.318. The smallest absolute Gasteiger partial charge is 0.405 e. The number of quaternary nitrogens is 1. The Morgan fingerprint density at radius 3 is 2.65 bits per heavy atom. The molecule has 1 heterocycles. The van der Waals surface area contributed by atoms with Crippen molar-refractivity contribution in [2.45, 2.75) is 12.7 Å². The second-order valence-corrected chi connectivity index (χ2v) is 4.24. The standard InChI is InChI=1S/C11H14F3N3O3/c1-17(5-8-3-2-4-20-8)6-9(18)16-10(19)15-7-11(12,13)14/h2-4H,5-7H2,1H3,(H2,15,16,18,19)/p+1. The van der Waals surface area contributed by atoms with Crippen molar-refractivity contribution in [1.29, 1.82) is 0 Å². The Kier molecular flexibility index (Phi) is 5.56. The quantitative estimate of drug-likeness (QED) is 0.697. The first-order chi connectivity index (χ1) is 9.26.